The lowest BCUT2D eigenvalue weighted by molar-refractivity contribution is -0.914. The minimum absolute atomic E-state index is 0.335. The van der Waals surface area contributed by atoms with Crippen molar-refractivity contribution < 1.29 is 29.0 Å². The average Bonchev–Trinajstić information content (AvgIpc) is 2.66. The number of hydroxylamine groups is 4. The van der Waals surface area contributed by atoms with Crippen LogP contribution >= 0.6 is 11.6 Å². The van der Waals surface area contributed by atoms with E-state index < -0.39 is 43.8 Å². The summed E-state index contributed by atoms with van der Waals surface area (Å²) >= 11 is 5.68. The number of nitro groups is 1. The van der Waals surface area contributed by atoms with Gasteiger partial charge in [0.1, 0.15) is 5.02 Å². The maximum Gasteiger partial charge on any atom is 0.401 e. The van der Waals surface area contributed by atoms with Crippen LogP contribution in [0.15, 0.2) is 18.2 Å². The van der Waals surface area contributed by atoms with Gasteiger partial charge in [-0.25, -0.2) is 14.4 Å². The van der Waals surface area contributed by atoms with Gasteiger partial charge in [-0.2, -0.15) is 0 Å². The maximum absolute atomic E-state index is 11.9. The van der Waals surface area contributed by atoms with Crippen LogP contribution in [-0.4, -0.2) is 27.5 Å². The van der Waals surface area contributed by atoms with E-state index in [2.05, 4.69) is 4.84 Å². The molecule has 0 radical (unpaired) electrons. The Morgan fingerprint density at radius 1 is 1.29 bits per heavy atom. The molecule has 110 valence electrons. The summed E-state index contributed by atoms with van der Waals surface area (Å²) in [6.45, 7) is 0. The lowest BCUT2D eigenvalue weighted by atomic mass is 10.2. The fraction of sp³-hybridized carbons (Fsp3) is 0.182. The van der Waals surface area contributed by atoms with Crippen molar-refractivity contribution in [2.75, 3.05) is 0 Å². The van der Waals surface area contributed by atoms with Gasteiger partial charge in [-0.05, 0) is 10.9 Å². The van der Waals surface area contributed by atoms with Gasteiger partial charge in [-0.15, -0.1) is 0 Å². The lowest BCUT2D eigenvalue weighted by Crippen LogP contribution is -2.48. The minimum atomic E-state index is -2.36. The fourth-order valence-corrected chi connectivity index (χ4v) is 2.01. The van der Waals surface area contributed by atoms with Gasteiger partial charge in [-0.3, -0.25) is 15.0 Å². The zero-order valence-corrected chi connectivity index (χ0v) is 11.0. The summed E-state index contributed by atoms with van der Waals surface area (Å²) in [6.07, 6.45) is -0.670. The predicted octanol–water partition coefficient (Wildman–Crippen LogP) is 1.48. The molecule has 0 unspecified atom stereocenters. The number of carbonyl (C=O) groups is 3. The molecule has 0 saturated carbocycles. The zero-order chi connectivity index (χ0) is 15.8. The molecule has 0 N–H and O–H groups in total. The Morgan fingerprint density at radius 3 is 2.38 bits per heavy atom. The Balaban J connectivity index is 2.34. The van der Waals surface area contributed by atoms with Gasteiger partial charge >= 0.3 is 17.8 Å². The van der Waals surface area contributed by atoms with Gasteiger partial charge in [0.15, 0.2) is 0 Å². The molecule has 0 atom stereocenters. The number of imide groups is 1. The van der Waals surface area contributed by atoms with E-state index in [9.17, 15) is 29.7 Å². The Morgan fingerprint density at radius 2 is 1.86 bits per heavy atom. The van der Waals surface area contributed by atoms with Crippen LogP contribution in [-0.2, 0) is 14.4 Å². The molecule has 1 aliphatic rings. The van der Waals surface area contributed by atoms with E-state index in [0.29, 0.717) is 0 Å². The first-order valence-electron chi connectivity index (χ1n) is 5.61. The number of rotatable bonds is 3. The molecule has 0 bridgehead atoms. The second kappa shape index (κ2) is 5.20. The lowest BCUT2D eigenvalue weighted by Gasteiger charge is -2.27. The number of nitro benzene ring substituents is 1. The van der Waals surface area contributed by atoms with Gasteiger partial charge in [0.2, 0.25) is 0 Å². The molecule has 10 heteroatoms. The first kappa shape index (κ1) is 15.0. The number of quaternary nitrogens is 1. The molecule has 0 aromatic heterocycles. The average molecular weight is 315 g/mol. The number of nitrogens with zero attached hydrogens (tertiary/aromatic N) is 2. The van der Waals surface area contributed by atoms with Crippen molar-refractivity contribution in [1.29, 1.82) is 0 Å². The quantitative estimate of drug-likeness (QED) is 0.272. The second-order valence-electron chi connectivity index (χ2n) is 4.11. The first-order valence-corrected chi connectivity index (χ1v) is 5.99. The van der Waals surface area contributed by atoms with Crippen LogP contribution < -0.4 is 0 Å². The number of halogens is 1. The number of benzene rings is 1. The number of amides is 2. The summed E-state index contributed by atoms with van der Waals surface area (Å²) in [6, 6.07) is 3.28. The molecule has 21 heavy (non-hydrogen) atoms. The molecule has 2 rings (SSSR count). The van der Waals surface area contributed by atoms with E-state index in [1.54, 1.807) is 0 Å². The molecule has 2 amide bonds. The molecule has 1 saturated heterocycles. The van der Waals surface area contributed by atoms with Gasteiger partial charge in [0, 0.05) is 6.07 Å². The Labute approximate surface area is 121 Å². The Hall–Kier alpha value is -2.36. The van der Waals surface area contributed by atoms with Crippen LogP contribution in [0.1, 0.15) is 23.2 Å². The van der Waals surface area contributed by atoms with Crippen LogP contribution in [0.5, 0.6) is 0 Å². The first-order chi connectivity index (χ1) is 9.77. The molecule has 1 heterocycles. The molecule has 1 aromatic carbocycles. The van der Waals surface area contributed by atoms with E-state index in [1.165, 1.54) is 0 Å². The minimum Gasteiger partial charge on any atom is -0.574 e. The third-order valence-corrected chi connectivity index (χ3v) is 3.21. The van der Waals surface area contributed by atoms with Crippen molar-refractivity contribution in [2.45, 2.75) is 12.8 Å². The molecular weight excluding hydrogens is 308 g/mol. The predicted molar refractivity (Wildman–Crippen MR) is 66.4 cm³/mol. The van der Waals surface area contributed by atoms with Crippen LogP contribution in [0.4, 0.5) is 5.69 Å². The second-order valence-corrected chi connectivity index (χ2v) is 4.49. The van der Waals surface area contributed by atoms with E-state index in [1.807, 2.05) is 0 Å². The van der Waals surface area contributed by atoms with Crippen molar-refractivity contribution in [3.63, 3.8) is 0 Å². The molecule has 0 spiro atoms. The fourth-order valence-electron chi connectivity index (χ4n) is 1.73. The maximum atomic E-state index is 11.9. The van der Waals surface area contributed by atoms with E-state index >= 15 is 0 Å². The largest absolute Gasteiger partial charge is 0.574 e. The van der Waals surface area contributed by atoms with E-state index in [0.717, 1.165) is 18.2 Å². The van der Waals surface area contributed by atoms with Crippen molar-refractivity contribution in [2.24, 2.45) is 0 Å². The zero-order valence-electron chi connectivity index (χ0n) is 10.3. The topological polar surface area (TPSA) is 127 Å². The molecular formula is C11H7ClN2O7. The van der Waals surface area contributed by atoms with E-state index in [4.69, 9.17) is 11.6 Å². The number of hydrogen-bond acceptors (Lipinski definition) is 7. The van der Waals surface area contributed by atoms with Crippen LogP contribution in [0.25, 0.3) is 0 Å². The van der Waals surface area contributed by atoms with Crippen LogP contribution in [0, 0.1) is 15.3 Å². The third kappa shape index (κ3) is 2.49. The summed E-state index contributed by atoms with van der Waals surface area (Å²) in [4.78, 5) is 46.4. The van der Waals surface area contributed by atoms with Crippen molar-refractivity contribution in [3.8, 4) is 0 Å². The van der Waals surface area contributed by atoms with Gasteiger partial charge in [0.05, 0.1) is 23.3 Å². The van der Waals surface area contributed by atoms with Gasteiger partial charge < -0.3 is 5.21 Å². The molecule has 1 aromatic rings. The molecule has 9 nitrogen and oxygen atoms in total. The molecule has 0 aliphatic carbocycles. The van der Waals surface area contributed by atoms with Crippen LogP contribution in [0.2, 0.25) is 5.02 Å². The molecule has 1 aliphatic heterocycles. The highest BCUT2D eigenvalue weighted by Crippen LogP contribution is 2.30. The molecule has 1 fully saturated rings. The smallest absolute Gasteiger partial charge is 0.401 e. The van der Waals surface area contributed by atoms with Crippen molar-refractivity contribution in [3.05, 3.63) is 44.1 Å². The monoisotopic (exact) mass is 314 g/mol. The number of hydrogen-bond donors (Lipinski definition) is 0. The summed E-state index contributed by atoms with van der Waals surface area (Å²) in [5, 5.41) is 22.1. The summed E-state index contributed by atoms with van der Waals surface area (Å²) < 4.78 is 0. The highest BCUT2D eigenvalue weighted by molar-refractivity contribution is 6.35. The van der Waals surface area contributed by atoms with Gasteiger partial charge in [-0.1, -0.05) is 17.7 Å². The summed E-state index contributed by atoms with van der Waals surface area (Å²) in [5.74, 6) is -3.62. The standard InChI is InChI=1S/C11H7ClN2O7/c12-10-6(2-1-3-7(10)13(18)19)11(17)21-14(20)8(15)4-5-9(14)16/h1-3H,4-5H2. The summed E-state index contributed by atoms with van der Waals surface area (Å²) in [5.41, 5.74) is -1.05. The van der Waals surface area contributed by atoms with Crippen LogP contribution in [0.3, 0.4) is 0 Å². The van der Waals surface area contributed by atoms with Crippen molar-refractivity contribution >= 4 is 35.1 Å². The van der Waals surface area contributed by atoms with E-state index in [-0.39, 0.29) is 12.8 Å². The SMILES string of the molecule is O=C(O[N+]1([O-])C(=O)CCC1=O)c1cccc([N+](=O)[O-])c1Cl. The highest BCUT2D eigenvalue weighted by atomic mass is 35.5. The Kier molecular flexibility index (Phi) is 3.73. The summed E-state index contributed by atoms with van der Waals surface area (Å²) in [7, 11) is 0. The third-order valence-electron chi connectivity index (χ3n) is 2.82. The normalized spacial score (nSPS) is 16.9. The Bertz CT molecular complexity index is 657. The van der Waals surface area contributed by atoms with Crippen molar-refractivity contribution in [1.82, 2.24) is 0 Å². The highest BCUT2D eigenvalue weighted by Gasteiger charge is 2.48. The van der Waals surface area contributed by atoms with Gasteiger partial charge in [0.25, 0.3) is 5.69 Å². The number of carbonyl (C=O) groups excluding carboxylic acids is 3.